The molecular formula is C12H13N3O3S. The summed E-state index contributed by atoms with van der Waals surface area (Å²) in [5, 5.41) is 14.0. The maximum Gasteiger partial charge on any atom is 0.323 e. The highest BCUT2D eigenvalue weighted by atomic mass is 32.1. The number of aromatic nitrogens is 2. The number of hydrogen-bond donors (Lipinski definition) is 3. The summed E-state index contributed by atoms with van der Waals surface area (Å²) in [4.78, 5) is 30.0. The van der Waals surface area contributed by atoms with Gasteiger partial charge in [0.1, 0.15) is 16.1 Å². The number of nitrogens with one attached hydrogen (secondary N) is 2. The molecule has 3 rings (SSSR count). The first-order chi connectivity index (χ1) is 9.11. The van der Waals surface area contributed by atoms with Crippen LogP contribution in [0.4, 0.5) is 0 Å². The standard InChI is InChI=1S/C12H13N3O3S/c16-10-9-7(2-5-19-9)14-8(15-10)6-13-12(11(17)18)3-1-4-12/h2,5,13H,1,3-4,6H2,(H,17,18)(H,14,15,16). The number of carboxylic acids is 1. The van der Waals surface area contributed by atoms with Crippen LogP contribution in [0.25, 0.3) is 10.2 Å². The molecule has 1 fully saturated rings. The molecule has 6 nitrogen and oxygen atoms in total. The van der Waals surface area contributed by atoms with Crippen LogP contribution in [0.5, 0.6) is 0 Å². The maximum absolute atomic E-state index is 11.8. The minimum Gasteiger partial charge on any atom is -0.480 e. The van der Waals surface area contributed by atoms with E-state index >= 15 is 0 Å². The van der Waals surface area contributed by atoms with Crippen molar-refractivity contribution in [2.24, 2.45) is 0 Å². The summed E-state index contributed by atoms with van der Waals surface area (Å²) in [5.74, 6) is -0.360. The maximum atomic E-state index is 11.8. The Hall–Kier alpha value is -1.73. The van der Waals surface area contributed by atoms with Crippen LogP contribution < -0.4 is 10.9 Å². The molecule has 2 aromatic heterocycles. The lowest BCUT2D eigenvalue weighted by Gasteiger charge is -2.38. The lowest BCUT2D eigenvalue weighted by molar-refractivity contribution is -0.148. The number of carboxylic acid groups (broad SMARTS) is 1. The van der Waals surface area contributed by atoms with E-state index in [1.54, 1.807) is 6.07 Å². The third-order valence-corrected chi connectivity index (χ3v) is 4.48. The molecule has 0 aliphatic heterocycles. The number of aromatic amines is 1. The Morgan fingerprint density at radius 2 is 2.37 bits per heavy atom. The number of aliphatic carboxylic acids is 1. The molecule has 2 heterocycles. The van der Waals surface area contributed by atoms with Gasteiger partial charge in [0, 0.05) is 0 Å². The quantitative estimate of drug-likeness (QED) is 0.778. The Kier molecular flexibility index (Phi) is 2.87. The summed E-state index contributed by atoms with van der Waals surface area (Å²) in [6, 6.07) is 1.79. The first-order valence-electron chi connectivity index (χ1n) is 6.06. The molecule has 1 saturated carbocycles. The van der Waals surface area contributed by atoms with Gasteiger partial charge in [-0.1, -0.05) is 0 Å². The predicted molar refractivity (Wildman–Crippen MR) is 71.3 cm³/mol. The van der Waals surface area contributed by atoms with E-state index < -0.39 is 11.5 Å². The fourth-order valence-corrected chi connectivity index (χ4v) is 2.98. The number of nitrogens with zero attached hydrogens (tertiary/aromatic N) is 1. The molecule has 19 heavy (non-hydrogen) atoms. The van der Waals surface area contributed by atoms with E-state index in [-0.39, 0.29) is 12.1 Å². The van der Waals surface area contributed by atoms with Crippen molar-refractivity contribution in [1.29, 1.82) is 0 Å². The van der Waals surface area contributed by atoms with Gasteiger partial charge in [-0.25, -0.2) is 4.98 Å². The smallest absolute Gasteiger partial charge is 0.323 e. The highest BCUT2D eigenvalue weighted by molar-refractivity contribution is 7.17. The second-order valence-corrected chi connectivity index (χ2v) is 5.66. The molecule has 0 spiro atoms. The fraction of sp³-hybridized carbons (Fsp3) is 0.417. The number of H-pyrrole nitrogens is 1. The Labute approximate surface area is 112 Å². The van der Waals surface area contributed by atoms with Crippen LogP contribution in [0.2, 0.25) is 0 Å². The highest BCUT2D eigenvalue weighted by Crippen LogP contribution is 2.32. The van der Waals surface area contributed by atoms with Crippen LogP contribution in [-0.4, -0.2) is 26.6 Å². The summed E-state index contributed by atoms with van der Waals surface area (Å²) in [7, 11) is 0. The molecule has 3 N–H and O–H groups in total. The summed E-state index contributed by atoms with van der Waals surface area (Å²) in [5.41, 5.74) is -0.361. The zero-order valence-electron chi connectivity index (χ0n) is 10.1. The minimum absolute atomic E-state index is 0.171. The molecular weight excluding hydrogens is 266 g/mol. The predicted octanol–water partition coefficient (Wildman–Crippen LogP) is 1.08. The first-order valence-corrected chi connectivity index (χ1v) is 6.93. The lowest BCUT2D eigenvalue weighted by atomic mass is 9.77. The highest BCUT2D eigenvalue weighted by Gasteiger charge is 2.43. The molecule has 0 unspecified atom stereocenters. The Bertz CT molecular complexity index is 687. The van der Waals surface area contributed by atoms with Crippen molar-refractivity contribution in [3.63, 3.8) is 0 Å². The summed E-state index contributed by atoms with van der Waals surface area (Å²) >= 11 is 1.35. The van der Waals surface area contributed by atoms with Gasteiger partial charge >= 0.3 is 5.97 Å². The SMILES string of the molecule is O=C(O)C1(NCc2nc3ccsc3c(=O)[nH]2)CCC1. The minimum atomic E-state index is -0.845. The molecule has 1 aliphatic rings. The van der Waals surface area contributed by atoms with Crippen LogP contribution in [0.1, 0.15) is 25.1 Å². The van der Waals surface area contributed by atoms with E-state index in [0.29, 0.717) is 28.9 Å². The van der Waals surface area contributed by atoms with Gasteiger partial charge in [0.25, 0.3) is 5.56 Å². The molecule has 0 radical (unpaired) electrons. The largest absolute Gasteiger partial charge is 0.480 e. The molecule has 0 saturated heterocycles. The number of rotatable bonds is 4. The van der Waals surface area contributed by atoms with Crippen LogP contribution in [-0.2, 0) is 11.3 Å². The van der Waals surface area contributed by atoms with Gasteiger partial charge in [-0.05, 0) is 30.7 Å². The monoisotopic (exact) mass is 279 g/mol. The van der Waals surface area contributed by atoms with Gasteiger partial charge < -0.3 is 10.1 Å². The molecule has 7 heteroatoms. The molecule has 2 aromatic rings. The molecule has 100 valence electrons. The molecule has 0 atom stereocenters. The molecule has 0 aromatic carbocycles. The zero-order valence-corrected chi connectivity index (χ0v) is 10.9. The molecule has 0 amide bonds. The van der Waals surface area contributed by atoms with Crippen LogP contribution in [0.3, 0.4) is 0 Å². The van der Waals surface area contributed by atoms with Gasteiger partial charge in [-0.15, -0.1) is 11.3 Å². The second-order valence-electron chi connectivity index (χ2n) is 4.74. The van der Waals surface area contributed by atoms with Crippen molar-refractivity contribution in [3.8, 4) is 0 Å². The summed E-state index contributed by atoms with van der Waals surface area (Å²) in [6.07, 6.45) is 2.15. The van der Waals surface area contributed by atoms with E-state index in [0.717, 1.165) is 6.42 Å². The van der Waals surface area contributed by atoms with Gasteiger partial charge in [-0.3, -0.25) is 14.9 Å². The third kappa shape index (κ3) is 2.04. The fourth-order valence-electron chi connectivity index (χ4n) is 2.25. The average molecular weight is 279 g/mol. The number of fused-ring (bicyclic) bond motifs is 1. The first kappa shape index (κ1) is 12.3. The van der Waals surface area contributed by atoms with Crippen molar-refractivity contribution in [3.05, 3.63) is 27.6 Å². The Balaban J connectivity index is 1.82. The van der Waals surface area contributed by atoms with Gasteiger partial charge in [-0.2, -0.15) is 0 Å². The number of hydrogen-bond acceptors (Lipinski definition) is 5. The van der Waals surface area contributed by atoms with E-state index in [1.807, 2.05) is 5.38 Å². The average Bonchev–Trinajstić information content (AvgIpc) is 2.75. The Morgan fingerprint density at radius 1 is 1.58 bits per heavy atom. The Morgan fingerprint density at radius 3 is 3.00 bits per heavy atom. The lowest BCUT2D eigenvalue weighted by Crippen LogP contribution is -2.56. The van der Waals surface area contributed by atoms with Gasteiger partial charge in [0.2, 0.25) is 0 Å². The van der Waals surface area contributed by atoms with Crippen LogP contribution >= 0.6 is 11.3 Å². The molecule has 0 bridgehead atoms. The second kappa shape index (κ2) is 4.43. The number of thiophene rings is 1. The van der Waals surface area contributed by atoms with Crippen molar-refractivity contribution >= 4 is 27.5 Å². The third-order valence-electron chi connectivity index (χ3n) is 3.57. The molecule has 1 aliphatic carbocycles. The van der Waals surface area contributed by atoms with E-state index in [1.165, 1.54) is 11.3 Å². The topological polar surface area (TPSA) is 95.1 Å². The van der Waals surface area contributed by atoms with Crippen molar-refractivity contribution in [2.75, 3.05) is 0 Å². The normalized spacial score (nSPS) is 17.3. The van der Waals surface area contributed by atoms with Crippen molar-refractivity contribution < 1.29 is 9.90 Å². The van der Waals surface area contributed by atoms with E-state index in [2.05, 4.69) is 15.3 Å². The van der Waals surface area contributed by atoms with Crippen LogP contribution in [0.15, 0.2) is 16.2 Å². The summed E-state index contributed by atoms with van der Waals surface area (Å²) in [6.45, 7) is 0.257. The van der Waals surface area contributed by atoms with E-state index in [9.17, 15) is 14.7 Å². The van der Waals surface area contributed by atoms with Gasteiger partial charge in [0.05, 0.1) is 12.1 Å². The summed E-state index contributed by atoms with van der Waals surface area (Å²) < 4.78 is 0.598. The van der Waals surface area contributed by atoms with E-state index in [4.69, 9.17) is 0 Å². The van der Waals surface area contributed by atoms with Gasteiger partial charge in [0.15, 0.2) is 0 Å². The van der Waals surface area contributed by atoms with Crippen molar-refractivity contribution in [1.82, 2.24) is 15.3 Å². The van der Waals surface area contributed by atoms with Crippen molar-refractivity contribution in [2.45, 2.75) is 31.3 Å². The van der Waals surface area contributed by atoms with Crippen LogP contribution in [0, 0.1) is 0 Å². The zero-order chi connectivity index (χ0) is 13.5. The number of carbonyl (C=O) groups is 1.